The van der Waals surface area contributed by atoms with Crippen molar-refractivity contribution < 1.29 is 14.3 Å². The molecule has 0 unspecified atom stereocenters. The first-order valence-electron chi connectivity index (χ1n) is 7.97. The molecule has 0 aromatic heterocycles. The maximum atomic E-state index is 12.1. The number of nitrogens with one attached hydrogen (secondary N) is 2. The highest BCUT2D eigenvalue weighted by atomic mass is 16.5. The molecule has 0 saturated carbocycles. The second-order valence-corrected chi connectivity index (χ2v) is 7.03. The van der Waals surface area contributed by atoms with Crippen LogP contribution in [0.25, 0.3) is 0 Å². The van der Waals surface area contributed by atoms with Gasteiger partial charge in [-0.05, 0) is 13.0 Å². The number of hydrogen-bond donors (Lipinski definition) is 3. The molecule has 6 heteroatoms. The molecular weight excluding hydrogens is 282 g/mol. The van der Waals surface area contributed by atoms with Gasteiger partial charge in [-0.2, -0.15) is 0 Å². The molecule has 0 heterocycles. The Labute approximate surface area is 134 Å². The Morgan fingerprint density at radius 2 is 1.77 bits per heavy atom. The zero-order chi connectivity index (χ0) is 17.2. The minimum absolute atomic E-state index is 0.0150. The molecule has 0 fully saturated rings. The molecule has 22 heavy (non-hydrogen) atoms. The number of rotatable bonds is 11. The molecule has 0 bridgehead atoms. The van der Waals surface area contributed by atoms with Crippen LogP contribution in [0.4, 0.5) is 0 Å². The third kappa shape index (κ3) is 9.00. The van der Waals surface area contributed by atoms with Gasteiger partial charge >= 0.3 is 0 Å². The standard InChI is InChI=1S/C16H33N3O3/c1-6-13(20)18-9-10-22-12-15(2,3)11-19-14(21)16(4,5)7-8-17/h6-12,17H2,1-5H3,(H,18,20)(H,19,21). The van der Waals surface area contributed by atoms with E-state index in [2.05, 4.69) is 10.6 Å². The summed E-state index contributed by atoms with van der Waals surface area (Å²) in [5.74, 6) is 0.0403. The van der Waals surface area contributed by atoms with Crippen LogP contribution in [0, 0.1) is 10.8 Å². The number of amides is 2. The molecule has 0 atom stereocenters. The van der Waals surface area contributed by atoms with Crippen LogP contribution in [0.1, 0.15) is 47.5 Å². The van der Waals surface area contributed by atoms with Crippen LogP contribution in [-0.2, 0) is 14.3 Å². The molecule has 0 saturated heterocycles. The van der Waals surface area contributed by atoms with Gasteiger partial charge < -0.3 is 21.1 Å². The highest BCUT2D eigenvalue weighted by Gasteiger charge is 2.28. The van der Waals surface area contributed by atoms with Crippen molar-refractivity contribution >= 4 is 11.8 Å². The van der Waals surface area contributed by atoms with Crippen LogP contribution < -0.4 is 16.4 Å². The van der Waals surface area contributed by atoms with Gasteiger partial charge in [-0.3, -0.25) is 9.59 Å². The van der Waals surface area contributed by atoms with Gasteiger partial charge in [-0.15, -0.1) is 0 Å². The van der Waals surface area contributed by atoms with E-state index < -0.39 is 5.41 Å². The summed E-state index contributed by atoms with van der Waals surface area (Å²) in [5.41, 5.74) is 4.92. The van der Waals surface area contributed by atoms with Crippen molar-refractivity contribution in [3.63, 3.8) is 0 Å². The van der Waals surface area contributed by atoms with Gasteiger partial charge in [0.05, 0.1) is 13.2 Å². The normalized spacial score (nSPS) is 12.1. The number of carbonyl (C=O) groups excluding carboxylic acids is 2. The number of nitrogens with two attached hydrogens (primary N) is 1. The molecule has 0 aliphatic carbocycles. The fourth-order valence-corrected chi connectivity index (χ4v) is 1.82. The molecule has 0 spiro atoms. The van der Waals surface area contributed by atoms with E-state index in [1.54, 1.807) is 0 Å². The van der Waals surface area contributed by atoms with Gasteiger partial charge in [0.25, 0.3) is 0 Å². The Hall–Kier alpha value is -1.14. The predicted octanol–water partition coefficient (Wildman–Crippen LogP) is 1.05. The van der Waals surface area contributed by atoms with Crippen molar-refractivity contribution in [2.45, 2.75) is 47.5 Å². The molecular formula is C16H33N3O3. The van der Waals surface area contributed by atoms with E-state index in [4.69, 9.17) is 10.5 Å². The third-order valence-electron chi connectivity index (χ3n) is 3.49. The molecule has 2 amide bonds. The monoisotopic (exact) mass is 315 g/mol. The SMILES string of the molecule is CCC(=O)NCCOCC(C)(C)CNC(=O)C(C)(C)CCN. The van der Waals surface area contributed by atoms with E-state index in [0.29, 0.717) is 45.7 Å². The number of ether oxygens (including phenoxy) is 1. The summed E-state index contributed by atoms with van der Waals surface area (Å²) in [5, 5.41) is 5.73. The summed E-state index contributed by atoms with van der Waals surface area (Å²) in [7, 11) is 0. The summed E-state index contributed by atoms with van der Waals surface area (Å²) in [6.45, 7) is 12.2. The topological polar surface area (TPSA) is 93.5 Å². The van der Waals surface area contributed by atoms with Gasteiger partial charge in [-0.25, -0.2) is 0 Å². The van der Waals surface area contributed by atoms with Crippen molar-refractivity contribution in [3.05, 3.63) is 0 Å². The largest absolute Gasteiger partial charge is 0.379 e. The predicted molar refractivity (Wildman–Crippen MR) is 88.4 cm³/mol. The third-order valence-corrected chi connectivity index (χ3v) is 3.49. The lowest BCUT2D eigenvalue weighted by Gasteiger charge is -2.28. The Morgan fingerprint density at radius 1 is 1.14 bits per heavy atom. The van der Waals surface area contributed by atoms with Crippen LogP contribution in [0.3, 0.4) is 0 Å². The smallest absolute Gasteiger partial charge is 0.225 e. The fraction of sp³-hybridized carbons (Fsp3) is 0.875. The first-order valence-corrected chi connectivity index (χ1v) is 7.97. The molecule has 6 nitrogen and oxygen atoms in total. The van der Waals surface area contributed by atoms with Crippen molar-refractivity contribution in [1.82, 2.24) is 10.6 Å². The molecule has 130 valence electrons. The summed E-state index contributed by atoms with van der Waals surface area (Å²) in [4.78, 5) is 23.2. The second-order valence-electron chi connectivity index (χ2n) is 7.03. The van der Waals surface area contributed by atoms with Crippen LogP contribution >= 0.6 is 0 Å². The van der Waals surface area contributed by atoms with Crippen molar-refractivity contribution in [1.29, 1.82) is 0 Å². The van der Waals surface area contributed by atoms with Gasteiger partial charge in [0.15, 0.2) is 0 Å². The average Bonchev–Trinajstić information content (AvgIpc) is 2.43. The summed E-state index contributed by atoms with van der Waals surface area (Å²) in [6, 6.07) is 0. The first kappa shape index (κ1) is 20.9. The molecule has 0 aromatic rings. The Balaban J connectivity index is 3.99. The molecule has 0 aromatic carbocycles. The molecule has 0 radical (unpaired) electrons. The lowest BCUT2D eigenvalue weighted by atomic mass is 9.87. The van der Waals surface area contributed by atoms with Crippen LogP contribution in [-0.4, -0.2) is 44.7 Å². The van der Waals surface area contributed by atoms with Gasteiger partial charge in [-0.1, -0.05) is 34.6 Å². The average molecular weight is 315 g/mol. The zero-order valence-electron chi connectivity index (χ0n) is 14.8. The Kier molecular flexibility index (Phi) is 9.28. The van der Waals surface area contributed by atoms with Crippen LogP contribution in [0.2, 0.25) is 0 Å². The molecule has 0 aliphatic rings. The zero-order valence-corrected chi connectivity index (χ0v) is 14.8. The second kappa shape index (κ2) is 9.79. The minimum atomic E-state index is -0.448. The molecule has 4 N–H and O–H groups in total. The van der Waals surface area contributed by atoms with E-state index in [9.17, 15) is 9.59 Å². The summed E-state index contributed by atoms with van der Waals surface area (Å²) in [6.07, 6.45) is 1.14. The van der Waals surface area contributed by atoms with E-state index in [1.807, 2.05) is 34.6 Å². The highest BCUT2D eigenvalue weighted by molar-refractivity contribution is 5.81. The molecule has 0 rings (SSSR count). The summed E-state index contributed by atoms with van der Waals surface area (Å²) >= 11 is 0. The fourth-order valence-electron chi connectivity index (χ4n) is 1.82. The van der Waals surface area contributed by atoms with Crippen molar-refractivity contribution in [3.8, 4) is 0 Å². The van der Waals surface area contributed by atoms with E-state index >= 15 is 0 Å². The van der Waals surface area contributed by atoms with Gasteiger partial charge in [0.1, 0.15) is 0 Å². The van der Waals surface area contributed by atoms with Crippen LogP contribution in [0.15, 0.2) is 0 Å². The van der Waals surface area contributed by atoms with Crippen molar-refractivity contribution in [2.75, 3.05) is 32.8 Å². The van der Waals surface area contributed by atoms with E-state index in [0.717, 1.165) is 0 Å². The Bertz CT molecular complexity index is 355. The van der Waals surface area contributed by atoms with Gasteiger partial charge in [0, 0.05) is 30.3 Å². The maximum Gasteiger partial charge on any atom is 0.225 e. The quantitative estimate of drug-likeness (QED) is 0.497. The van der Waals surface area contributed by atoms with Gasteiger partial charge in [0.2, 0.25) is 11.8 Å². The van der Waals surface area contributed by atoms with E-state index in [-0.39, 0.29) is 17.2 Å². The first-order chi connectivity index (χ1) is 10.1. The van der Waals surface area contributed by atoms with Crippen LogP contribution in [0.5, 0.6) is 0 Å². The maximum absolute atomic E-state index is 12.1. The number of hydrogen-bond acceptors (Lipinski definition) is 4. The lowest BCUT2D eigenvalue weighted by Crippen LogP contribution is -2.43. The highest BCUT2D eigenvalue weighted by Crippen LogP contribution is 2.20. The van der Waals surface area contributed by atoms with E-state index in [1.165, 1.54) is 0 Å². The molecule has 0 aliphatic heterocycles. The Morgan fingerprint density at radius 3 is 2.32 bits per heavy atom. The van der Waals surface area contributed by atoms with Crippen molar-refractivity contribution in [2.24, 2.45) is 16.6 Å². The minimum Gasteiger partial charge on any atom is -0.379 e. The summed E-state index contributed by atoms with van der Waals surface area (Å²) < 4.78 is 5.57. The lowest BCUT2D eigenvalue weighted by molar-refractivity contribution is -0.130. The number of carbonyl (C=O) groups is 2.